The Morgan fingerprint density at radius 2 is 1.83 bits per heavy atom. The van der Waals surface area contributed by atoms with Gasteiger partial charge in [0.2, 0.25) is 0 Å². The van der Waals surface area contributed by atoms with Crippen molar-refractivity contribution in [2.24, 2.45) is 0 Å². The Labute approximate surface area is 81.3 Å². The maximum atomic E-state index is 5.60. The van der Waals surface area contributed by atoms with E-state index in [0.717, 1.165) is 0 Å². The fourth-order valence-corrected chi connectivity index (χ4v) is 1.43. The van der Waals surface area contributed by atoms with Crippen molar-refractivity contribution in [3.63, 3.8) is 0 Å². The maximum absolute atomic E-state index is 5.60. The van der Waals surface area contributed by atoms with Gasteiger partial charge in [-0.05, 0) is 26.6 Å². The van der Waals surface area contributed by atoms with Crippen LogP contribution in [0, 0.1) is 0 Å². The van der Waals surface area contributed by atoms with Crippen molar-refractivity contribution in [2.75, 3.05) is 19.1 Å². The Kier molecular flexibility index (Phi) is 6.18. The minimum Gasteiger partial charge on any atom is -0.415 e. The van der Waals surface area contributed by atoms with E-state index in [2.05, 4.69) is 19.6 Å². The van der Waals surface area contributed by atoms with Gasteiger partial charge in [0.25, 0.3) is 0 Å². The first-order chi connectivity index (χ1) is 5.45. The number of hydrogen-bond donors (Lipinski definition) is 0. The lowest BCUT2D eigenvalue weighted by molar-refractivity contribution is 0.0554. The predicted octanol–water partition coefficient (Wildman–Crippen LogP) is 2.48. The Morgan fingerprint density at radius 3 is 2.25 bits per heavy atom. The van der Waals surface area contributed by atoms with Crippen molar-refractivity contribution in [1.82, 2.24) is 0 Å². The molecule has 0 heterocycles. The molecule has 0 saturated carbocycles. The molecule has 12 heavy (non-hydrogen) atoms. The minimum absolute atomic E-state index is 0.136. The monoisotopic (exact) mass is 210 g/mol. The zero-order valence-corrected chi connectivity index (χ0v) is 10.1. The molecule has 0 rings (SSSR count). The molecule has 1 unspecified atom stereocenters. The van der Waals surface area contributed by atoms with Crippen LogP contribution < -0.4 is 0 Å². The number of ether oxygens (including phenoxy) is 1. The number of alkyl halides is 1. The average molecular weight is 211 g/mol. The van der Waals surface area contributed by atoms with Crippen LogP contribution in [0.2, 0.25) is 19.6 Å². The van der Waals surface area contributed by atoms with E-state index in [1.54, 1.807) is 0 Å². The van der Waals surface area contributed by atoms with E-state index in [4.69, 9.17) is 20.8 Å². The molecule has 0 saturated heterocycles. The van der Waals surface area contributed by atoms with Crippen LogP contribution in [-0.2, 0) is 9.16 Å². The molecule has 0 spiro atoms. The number of halogens is 1. The van der Waals surface area contributed by atoms with Crippen LogP contribution in [0.15, 0.2) is 0 Å². The van der Waals surface area contributed by atoms with Crippen molar-refractivity contribution < 1.29 is 9.16 Å². The summed E-state index contributed by atoms with van der Waals surface area (Å²) < 4.78 is 10.9. The topological polar surface area (TPSA) is 18.5 Å². The Bertz CT molecular complexity index is 114. The van der Waals surface area contributed by atoms with E-state index in [1.165, 1.54) is 0 Å². The summed E-state index contributed by atoms with van der Waals surface area (Å²) in [5, 5.41) is 0. The van der Waals surface area contributed by atoms with Crippen LogP contribution in [0.3, 0.4) is 0 Å². The van der Waals surface area contributed by atoms with E-state index >= 15 is 0 Å². The van der Waals surface area contributed by atoms with Gasteiger partial charge in [-0.25, -0.2) is 0 Å². The van der Waals surface area contributed by atoms with Crippen LogP contribution in [0.5, 0.6) is 0 Å². The molecule has 0 aromatic heterocycles. The normalized spacial score (nSPS) is 14.8. The number of hydrogen-bond acceptors (Lipinski definition) is 2. The molecule has 0 radical (unpaired) electrons. The molecular weight excluding hydrogens is 192 g/mol. The molecule has 0 bridgehead atoms. The molecule has 0 N–H and O–H groups in total. The third-order valence-corrected chi connectivity index (χ3v) is 2.74. The second-order valence-corrected chi connectivity index (χ2v) is 8.62. The summed E-state index contributed by atoms with van der Waals surface area (Å²) in [5.41, 5.74) is 0. The highest BCUT2D eigenvalue weighted by Gasteiger charge is 2.13. The highest BCUT2D eigenvalue weighted by Crippen LogP contribution is 2.02. The minimum atomic E-state index is -1.35. The summed E-state index contributed by atoms with van der Waals surface area (Å²) in [5.74, 6) is 0.549. The number of rotatable bonds is 6. The van der Waals surface area contributed by atoms with Gasteiger partial charge in [-0.2, -0.15) is 0 Å². The second-order valence-electron chi connectivity index (χ2n) is 3.80. The van der Waals surface area contributed by atoms with Crippen LogP contribution in [0.1, 0.15) is 6.92 Å². The van der Waals surface area contributed by atoms with Crippen molar-refractivity contribution in [3.8, 4) is 0 Å². The molecule has 4 heteroatoms. The van der Waals surface area contributed by atoms with Crippen LogP contribution in [-0.4, -0.2) is 33.5 Å². The Morgan fingerprint density at radius 1 is 1.25 bits per heavy atom. The van der Waals surface area contributed by atoms with Gasteiger partial charge in [0.05, 0.1) is 19.3 Å². The first-order valence-electron chi connectivity index (χ1n) is 4.27. The molecule has 0 aliphatic carbocycles. The fraction of sp³-hybridized carbons (Fsp3) is 1.00. The van der Waals surface area contributed by atoms with E-state index in [9.17, 15) is 0 Å². The molecule has 2 nitrogen and oxygen atoms in total. The van der Waals surface area contributed by atoms with E-state index < -0.39 is 8.32 Å². The van der Waals surface area contributed by atoms with E-state index in [0.29, 0.717) is 19.1 Å². The van der Waals surface area contributed by atoms with Gasteiger partial charge in [-0.1, -0.05) is 0 Å². The lowest BCUT2D eigenvalue weighted by Gasteiger charge is -2.17. The zero-order chi connectivity index (χ0) is 9.61. The van der Waals surface area contributed by atoms with Gasteiger partial charge in [0, 0.05) is 5.88 Å². The molecule has 0 aromatic rings. The Hall–Kier alpha value is 0.427. The van der Waals surface area contributed by atoms with Gasteiger partial charge >= 0.3 is 0 Å². The van der Waals surface area contributed by atoms with Crippen LogP contribution in [0.25, 0.3) is 0 Å². The summed E-state index contributed by atoms with van der Waals surface area (Å²) >= 11 is 5.56. The lowest BCUT2D eigenvalue weighted by atomic mass is 10.5. The molecule has 0 aliphatic rings. The summed E-state index contributed by atoms with van der Waals surface area (Å²) in [6.07, 6.45) is 0.136. The molecule has 1 atom stereocenters. The second kappa shape index (κ2) is 5.97. The third kappa shape index (κ3) is 8.52. The largest absolute Gasteiger partial charge is 0.415 e. The molecule has 0 fully saturated rings. The quantitative estimate of drug-likeness (QED) is 0.381. The molecular formula is C8H19ClO2Si. The first-order valence-corrected chi connectivity index (χ1v) is 8.21. The highest BCUT2D eigenvalue weighted by molar-refractivity contribution is 6.69. The molecule has 0 aliphatic heterocycles. The van der Waals surface area contributed by atoms with Crippen LogP contribution in [0.4, 0.5) is 0 Å². The zero-order valence-electron chi connectivity index (χ0n) is 8.39. The summed E-state index contributed by atoms with van der Waals surface area (Å²) in [7, 11) is -1.35. The van der Waals surface area contributed by atoms with Gasteiger partial charge in [-0.15, -0.1) is 11.6 Å². The molecule has 0 aromatic carbocycles. The van der Waals surface area contributed by atoms with Gasteiger partial charge in [0.1, 0.15) is 0 Å². The smallest absolute Gasteiger partial charge is 0.183 e. The van der Waals surface area contributed by atoms with E-state index in [-0.39, 0.29) is 6.10 Å². The van der Waals surface area contributed by atoms with Gasteiger partial charge in [0.15, 0.2) is 8.32 Å². The predicted molar refractivity (Wildman–Crippen MR) is 55.4 cm³/mol. The van der Waals surface area contributed by atoms with Crippen molar-refractivity contribution in [2.45, 2.75) is 32.7 Å². The van der Waals surface area contributed by atoms with Gasteiger partial charge in [-0.3, -0.25) is 0 Å². The van der Waals surface area contributed by atoms with Crippen molar-refractivity contribution in [1.29, 1.82) is 0 Å². The Balaban J connectivity index is 3.22. The van der Waals surface area contributed by atoms with Crippen molar-refractivity contribution >= 4 is 19.9 Å². The average Bonchev–Trinajstić information content (AvgIpc) is 1.96. The summed E-state index contributed by atoms with van der Waals surface area (Å²) in [4.78, 5) is 0. The first kappa shape index (κ1) is 12.4. The molecule has 0 amide bonds. The third-order valence-electron chi connectivity index (χ3n) is 1.24. The summed E-state index contributed by atoms with van der Waals surface area (Å²) in [6.45, 7) is 9.80. The standard InChI is InChI=1S/C8H19ClO2Si/c1-8(7-9)10-5-6-11-12(2,3)4/h8H,5-7H2,1-4H3. The van der Waals surface area contributed by atoms with Crippen LogP contribution >= 0.6 is 11.6 Å². The summed E-state index contributed by atoms with van der Waals surface area (Å²) in [6, 6.07) is 0. The maximum Gasteiger partial charge on any atom is 0.183 e. The molecule has 74 valence electrons. The van der Waals surface area contributed by atoms with Gasteiger partial charge < -0.3 is 9.16 Å². The fourth-order valence-electron chi connectivity index (χ4n) is 0.642. The lowest BCUT2D eigenvalue weighted by Crippen LogP contribution is -2.28. The van der Waals surface area contributed by atoms with E-state index in [1.807, 2.05) is 6.92 Å². The highest BCUT2D eigenvalue weighted by atomic mass is 35.5. The van der Waals surface area contributed by atoms with Crippen molar-refractivity contribution in [3.05, 3.63) is 0 Å². The SMILES string of the molecule is CC(CCl)OCCO[Si](C)(C)C.